The fourth-order valence-electron chi connectivity index (χ4n) is 3.33. The number of likely N-dealkylation sites (tertiary alicyclic amines) is 1. The van der Waals surface area contributed by atoms with Gasteiger partial charge in [-0.3, -0.25) is 19.3 Å². The van der Waals surface area contributed by atoms with E-state index in [1.807, 2.05) is 44.2 Å². The molecule has 4 N–H and O–H groups in total. The summed E-state index contributed by atoms with van der Waals surface area (Å²) in [7, 11) is 0. The highest BCUT2D eigenvalue weighted by molar-refractivity contribution is 5.92. The van der Waals surface area contributed by atoms with Crippen LogP contribution in [0.3, 0.4) is 0 Å². The second kappa shape index (κ2) is 11.2. The Labute approximate surface area is 176 Å². The lowest BCUT2D eigenvalue weighted by atomic mass is 10.0. The highest BCUT2D eigenvalue weighted by Crippen LogP contribution is 2.20. The van der Waals surface area contributed by atoms with Crippen molar-refractivity contribution in [1.82, 2.24) is 15.5 Å². The summed E-state index contributed by atoms with van der Waals surface area (Å²) in [4.78, 5) is 50.0. The van der Waals surface area contributed by atoms with Crippen LogP contribution in [0.25, 0.3) is 0 Å². The summed E-state index contributed by atoms with van der Waals surface area (Å²) in [5, 5.41) is 5.14. The van der Waals surface area contributed by atoms with Crippen molar-refractivity contribution in [3.8, 4) is 0 Å². The Morgan fingerprint density at radius 1 is 1.20 bits per heavy atom. The quantitative estimate of drug-likeness (QED) is 0.549. The Morgan fingerprint density at radius 3 is 2.53 bits per heavy atom. The van der Waals surface area contributed by atoms with Gasteiger partial charge in [-0.2, -0.15) is 0 Å². The van der Waals surface area contributed by atoms with Crippen molar-refractivity contribution in [2.45, 2.75) is 51.8 Å². The van der Waals surface area contributed by atoms with Crippen molar-refractivity contribution in [3.63, 3.8) is 0 Å². The van der Waals surface area contributed by atoms with Crippen LogP contribution in [0.2, 0.25) is 0 Å². The van der Waals surface area contributed by atoms with Crippen LogP contribution in [-0.4, -0.2) is 53.9 Å². The number of hydrogen-bond acceptors (Lipinski definition) is 5. The Morgan fingerprint density at radius 2 is 1.90 bits per heavy atom. The SMILES string of the molecule is CC(C)CC(NC(=O)C1CCCN1C(=O)OCc1ccccc1)C(=O)NCC(N)=O. The molecule has 4 amide bonds. The van der Waals surface area contributed by atoms with E-state index in [0.717, 1.165) is 5.56 Å². The van der Waals surface area contributed by atoms with Gasteiger partial charge in [-0.1, -0.05) is 44.2 Å². The number of hydrogen-bond donors (Lipinski definition) is 3. The first-order valence-corrected chi connectivity index (χ1v) is 10.1. The minimum absolute atomic E-state index is 0.121. The molecule has 0 aromatic heterocycles. The third-order valence-electron chi connectivity index (χ3n) is 4.77. The zero-order valence-electron chi connectivity index (χ0n) is 17.4. The summed E-state index contributed by atoms with van der Waals surface area (Å²) < 4.78 is 5.35. The highest BCUT2D eigenvalue weighted by atomic mass is 16.6. The lowest BCUT2D eigenvalue weighted by Gasteiger charge is -2.26. The van der Waals surface area contributed by atoms with E-state index in [-0.39, 0.29) is 19.1 Å². The Bertz CT molecular complexity index is 753. The molecule has 164 valence electrons. The molecular formula is C21H30N4O5. The second-order valence-electron chi connectivity index (χ2n) is 7.77. The van der Waals surface area contributed by atoms with E-state index in [1.165, 1.54) is 4.90 Å². The van der Waals surface area contributed by atoms with Crippen LogP contribution >= 0.6 is 0 Å². The molecule has 2 rings (SSSR count). The third-order valence-corrected chi connectivity index (χ3v) is 4.77. The zero-order chi connectivity index (χ0) is 22.1. The predicted octanol–water partition coefficient (Wildman–Crippen LogP) is 0.920. The van der Waals surface area contributed by atoms with Crippen molar-refractivity contribution in [2.24, 2.45) is 11.7 Å². The van der Waals surface area contributed by atoms with Crippen LogP contribution in [0.15, 0.2) is 30.3 Å². The van der Waals surface area contributed by atoms with E-state index in [1.54, 1.807) is 0 Å². The van der Waals surface area contributed by atoms with Gasteiger partial charge >= 0.3 is 6.09 Å². The molecule has 9 nitrogen and oxygen atoms in total. The standard InChI is InChI=1S/C21H30N4O5/c1-14(2)11-16(19(27)23-12-18(22)26)24-20(28)17-9-6-10-25(17)21(29)30-13-15-7-4-3-5-8-15/h3-5,7-8,14,16-17H,6,9-13H2,1-2H3,(H2,22,26)(H,23,27)(H,24,28). The molecule has 1 aliphatic rings. The maximum Gasteiger partial charge on any atom is 0.410 e. The van der Waals surface area contributed by atoms with Crippen molar-refractivity contribution >= 4 is 23.8 Å². The number of nitrogens with one attached hydrogen (secondary N) is 2. The first-order chi connectivity index (χ1) is 14.3. The second-order valence-corrected chi connectivity index (χ2v) is 7.77. The molecule has 2 atom stereocenters. The highest BCUT2D eigenvalue weighted by Gasteiger charge is 2.36. The van der Waals surface area contributed by atoms with Gasteiger partial charge in [0.2, 0.25) is 17.7 Å². The normalized spacial score (nSPS) is 16.8. The zero-order valence-corrected chi connectivity index (χ0v) is 17.4. The molecule has 0 bridgehead atoms. The Hall–Kier alpha value is -3.10. The lowest BCUT2D eigenvalue weighted by Crippen LogP contribution is -2.54. The van der Waals surface area contributed by atoms with E-state index in [0.29, 0.717) is 25.8 Å². The van der Waals surface area contributed by atoms with E-state index in [2.05, 4.69) is 10.6 Å². The lowest BCUT2D eigenvalue weighted by molar-refractivity contribution is -0.132. The molecule has 1 fully saturated rings. The van der Waals surface area contributed by atoms with Gasteiger partial charge in [-0.15, -0.1) is 0 Å². The molecule has 0 radical (unpaired) electrons. The molecule has 0 aliphatic carbocycles. The summed E-state index contributed by atoms with van der Waals surface area (Å²) in [6.07, 6.45) is 0.988. The summed E-state index contributed by atoms with van der Waals surface area (Å²) in [5.41, 5.74) is 5.92. The van der Waals surface area contributed by atoms with Crippen LogP contribution in [-0.2, 0) is 25.7 Å². The van der Waals surface area contributed by atoms with Gasteiger partial charge in [0.15, 0.2) is 0 Å². The Kier molecular flexibility index (Phi) is 8.64. The van der Waals surface area contributed by atoms with Crippen LogP contribution < -0.4 is 16.4 Å². The molecule has 1 aromatic carbocycles. The van der Waals surface area contributed by atoms with Crippen molar-refractivity contribution in [1.29, 1.82) is 0 Å². The molecule has 0 saturated carbocycles. The molecular weight excluding hydrogens is 388 g/mol. The average molecular weight is 418 g/mol. The first kappa shape index (κ1) is 23.2. The summed E-state index contributed by atoms with van der Waals surface area (Å²) >= 11 is 0. The summed E-state index contributed by atoms with van der Waals surface area (Å²) in [6.45, 7) is 4.07. The number of primary amides is 1. The number of benzene rings is 1. The Balaban J connectivity index is 1.96. The van der Waals surface area contributed by atoms with E-state index in [9.17, 15) is 19.2 Å². The van der Waals surface area contributed by atoms with Gasteiger partial charge in [0.05, 0.1) is 6.54 Å². The minimum Gasteiger partial charge on any atom is -0.445 e. The van der Waals surface area contributed by atoms with E-state index in [4.69, 9.17) is 10.5 Å². The van der Waals surface area contributed by atoms with Gasteiger partial charge in [0.25, 0.3) is 0 Å². The molecule has 0 spiro atoms. The number of nitrogens with zero attached hydrogens (tertiary/aromatic N) is 1. The third kappa shape index (κ3) is 7.06. The van der Waals surface area contributed by atoms with Gasteiger partial charge in [-0.25, -0.2) is 4.79 Å². The van der Waals surface area contributed by atoms with Crippen molar-refractivity contribution in [2.75, 3.05) is 13.1 Å². The van der Waals surface area contributed by atoms with Crippen LogP contribution in [0.5, 0.6) is 0 Å². The van der Waals surface area contributed by atoms with Gasteiger partial charge < -0.3 is 21.1 Å². The molecule has 30 heavy (non-hydrogen) atoms. The number of rotatable bonds is 9. The van der Waals surface area contributed by atoms with Crippen LogP contribution in [0.1, 0.15) is 38.7 Å². The summed E-state index contributed by atoms with van der Waals surface area (Å²) in [5.74, 6) is -1.43. The number of carbonyl (C=O) groups is 4. The number of amides is 4. The average Bonchev–Trinajstić information content (AvgIpc) is 3.20. The predicted molar refractivity (Wildman–Crippen MR) is 110 cm³/mol. The number of ether oxygens (including phenoxy) is 1. The summed E-state index contributed by atoms with van der Waals surface area (Å²) in [6, 6.07) is 7.76. The van der Waals surface area contributed by atoms with Crippen molar-refractivity contribution in [3.05, 3.63) is 35.9 Å². The smallest absolute Gasteiger partial charge is 0.410 e. The maximum absolute atomic E-state index is 12.8. The van der Waals surface area contributed by atoms with E-state index >= 15 is 0 Å². The van der Waals surface area contributed by atoms with Crippen molar-refractivity contribution < 1.29 is 23.9 Å². The van der Waals surface area contributed by atoms with Gasteiger partial charge in [-0.05, 0) is 30.7 Å². The van der Waals surface area contributed by atoms with Gasteiger partial charge in [0.1, 0.15) is 18.7 Å². The number of nitrogens with two attached hydrogens (primary N) is 1. The molecule has 1 aromatic rings. The van der Waals surface area contributed by atoms with E-state index < -0.39 is 35.9 Å². The topological polar surface area (TPSA) is 131 Å². The molecule has 1 heterocycles. The first-order valence-electron chi connectivity index (χ1n) is 10.1. The number of carbonyl (C=O) groups excluding carboxylic acids is 4. The van der Waals surface area contributed by atoms with Crippen LogP contribution in [0.4, 0.5) is 4.79 Å². The fourth-order valence-corrected chi connectivity index (χ4v) is 3.33. The largest absolute Gasteiger partial charge is 0.445 e. The van der Waals surface area contributed by atoms with Gasteiger partial charge in [0, 0.05) is 6.54 Å². The fraction of sp³-hybridized carbons (Fsp3) is 0.524. The minimum atomic E-state index is -0.820. The molecule has 2 unspecified atom stereocenters. The molecule has 9 heteroatoms. The molecule has 1 aliphatic heterocycles. The monoisotopic (exact) mass is 418 g/mol. The molecule has 1 saturated heterocycles. The van der Waals surface area contributed by atoms with Crippen LogP contribution in [0, 0.1) is 5.92 Å². The maximum atomic E-state index is 12.8.